The topological polar surface area (TPSA) is 87.7 Å². The maximum Gasteiger partial charge on any atom is 0.326 e. The molecule has 1 saturated heterocycles. The Morgan fingerprint density at radius 2 is 2.00 bits per heavy atom. The molecule has 0 spiro atoms. The number of hydrogen-bond donors (Lipinski definition) is 2. The Kier molecular flexibility index (Phi) is 6.02. The van der Waals surface area contributed by atoms with Gasteiger partial charge in [0.05, 0.1) is 0 Å². The molecular formula is C25H30FN3O4S. The van der Waals surface area contributed by atoms with E-state index in [1.807, 2.05) is 35.1 Å². The Bertz CT molecular complexity index is 1200. The molecule has 0 aromatic heterocycles. The number of amides is 1. The van der Waals surface area contributed by atoms with Gasteiger partial charge in [-0.25, -0.2) is 13.4 Å². The Labute approximate surface area is 199 Å². The van der Waals surface area contributed by atoms with E-state index in [4.69, 9.17) is 4.74 Å². The molecule has 2 fully saturated rings. The Balaban J connectivity index is 1.51. The van der Waals surface area contributed by atoms with E-state index in [0.717, 1.165) is 41.2 Å². The second-order valence-corrected chi connectivity index (χ2v) is 11.5. The predicted molar refractivity (Wildman–Crippen MR) is 128 cm³/mol. The molecule has 1 amide bonds. The quantitative estimate of drug-likeness (QED) is 0.595. The van der Waals surface area contributed by atoms with Crippen LogP contribution in [-0.4, -0.2) is 33.5 Å². The summed E-state index contributed by atoms with van der Waals surface area (Å²) in [6, 6.07) is 11.4. The van der Waals surface area contributed by atoms with E-state index in [1.54, 1.807) is 6.07 Å². The summed E-state index contributed by atoms with van der Waals surface area (Å²) in [7, 11) is -4.19. The lowest BCUT2D eigenvalue weighted by Crippen LogP contribution is -2.35. The second kappa shape index (κ2) is 8.85. The molecule has 1 heterocycles. The highest BCUT2D eigenvalue weighted by atomic mass is 32.2. The third kappa shape index (κ3) is 4.15. The van der Waals surface area contributed by atoms with Crippen molar-refractivity contribution in [2.75, 3.05) is 17.4 Å². The maximum absolute atomic E-state index is 16.2. The number of anilines is 1. The highest BCUT2D eigenvalue weighted by Gasteiger charge is 2.48. The van der Waals surface area contributed by atoms with Crippen LogP contribution in [0.3, 0.4) is 0 Å². The number of carbonyl (C=O) groups is 1. The average molecular weight is 488 g/mol. The monoisotopic (exact) mass is 487 g/mol. The molecule has 1 saturated carbocycles. The lowest BCUT2D eigenvalue weighted by Gasteiger charge is -2.29. The second-order valence-electron chi connectivity index (χ2n) is 9.87. The average Bonchev–Trinajstić information content (AvgIpc) is 3.43. The minimum Gasteiger partial charge on any atom is -0.487 e. The smallest absolute Gasteiger partial charge is 0.326 e. The van der Waals surface area contributed by atoms with Crippen LogP contribution in [-0.2, 0) is 21.6 Å². The summed E-state index contributed by atoms with van der Waals surface area (Å²) < 4.78 is 50.2. The van der Waals surface area contributed by atoms with Crippen LogP contribution in [0.2, 0.25) is 0 Å². The van der Waals surface area contributed by atoms with Gasteiger partial charge in [-0.15, -0.1) is 0 Å². The van der Waals surface area contributed by atoms with Crippen LogP contribution in [0.4, 0.5) is 10.1 Å². The van der Waals surface area contributed by atoms with Gasteiger partial charge in [-0.1, -0.05) is 44.2 Å². The standard InChI is InChI=1S/C25H30FN3O4S/c1-15(2)8-9-27-20-11-17-10-19(20)23-18(17)12-21(33-14-16-6-4-3-5-7-16)25(24(23)26)29-13-22(30)28-34(29,31)32/h3-7,12,15,17,19-20,27H,8-11,13-14H2,1-2H3,(H,28,30). The molecule has 2 aromatic carbocycles. The highest BCUT2D eigenvalue weighted by molar-refractivity contribution is 7.92. The van der Waals surface area contributed by atoms with Crippen LogP contribution in [0.5, 0.6) is 5.75 Å². The van der Waals surface area contributed by atoms with Crippen molar-refractivity contribution < 1.29 is 22.3 Å². The molecule has 2 bridgehead atoms. The zero-order chi connectivity index (χ0) is 24.0. The molecule has 3 aliphatic rings. The van der Waals surface area contributed by atoms with Crippen LogP contribution in [0.15, 0.2) is 36.4 Å². The van der Waals surface area contributed by atoms with Crippen LogP contribution >= 0.6 is 0 Å². The van der Waals surface area contributed by atoms with E-state index in [-0.39, 0.29) is 35.9 Å². The number of hydrogen-bond acceptors (Lipinski definition) is 5. The lowest BCUT2D eigenvalue weighted by molar-refractivity contribution is -0.117. The Morgan fingerprint density at radius 1 is 1.24 bits per heavy atom. The number of carbonyl (C=O) groups excluding carboxylic acids is 1. The van der Waals surface area contributed by atoms with Gasteiger partial charge in [0.15, 0.2) is 5.82 Å². The lowest BCUT2D eigenvalue weighted by atomic mass is 9.86. The molecule has 3 atom stereocenters. The molecular weight excluding hydrogens is 457 g/mol. The SMILES string of the molecule is CC(C)CCNC1CC2CC1c1c2cc(OCc2ccccc2)c(N2CC(=O)NS2(=O)=O)c1F. The maximum atomic E-state index is 16.2. The first-order chi connectivity index (χ1) is 16.2. The minimum absolute atomic E-state index is 0.0250. The Morgan fingerprint density at radius 3 is 2.68 bits per heavy atom. The van der Waals surface area contributed by atoms with Gasteiger partial charge >= 0.3 is 10.2 Å². The van der Waals surface area contributed by atoms with Gasteiger partial charge < -0.3 is 10.1 Å². The number of fused-ring (bicyclic) bond motifs is 5. The van der Waals surface area contributed by atoms with Gasteiger partial charge in [0, 0.05) is 12.0 Å². The molecule has 7 nitrogen and oxygen atoms in total. The summed E-state index contributed by atoms with van der Waals surface area (Å²) in [6.07, 6.45) is 2.80. The van der Waals surface area contributed by atoms with Crippen LogP contribution in [0.1, 0.15) is 61.6 Å². The summed E-state index contributed by atoms with van der Waals surface area (Å²) in [5.74, 6) is -0.377. The first kappa shape index (κ1) is 23.1. The molecule has 5 rings (SSSR count). The largest absolute Gasteiger partial charge is 0.487 e. The predicted octanol–water partition coefficient (Wildman–Crippen LogP) is 3.56. The van der Waals surface area contributed by atoms with Crippen molar-refractivity contribution in [3.63, 3.8) is 0 Å². The van der Waals surface area contributed by atoms with E-state index in [1.165, 1.54) is 0 Å². The number of halogens is 1. The van der Waals surface area contributed by atoms with E-state index in [2.05, 4.69) is 19.2 Å². The molecule has 2 aromatic rings. The molecule has 182 valence electrons. The van der Waals surface area contributed by atoms with Crippen molar-refractivity contribution >= 4 is 21.8 Å². The normalized spacial score (nSPS) is 24.5. The molecule has 34 heavy (non-hydrogen) atoms. The number of ether oxygens (including phenoxy) is 1. The van der Waals surface area contributed by atoms with E-state index in [9.17, 15) is 13.2 Å². The molecule has 1 aliphatic heterocycles. The van der Waals surface area contributed by atoms with Crippen LogP contribution in [0, 0.1) is 11.7 Å². The first-order valence-corrected chi connectivity index (χ1v) is 13.3. The van der Waals surface area contributed by atoms with Crippen molar-refractivity contribution in [3.8, 4) is 5.75 Å². The summed E-state index contributed by atoms with van der Waals surface area (Å²) in [5, 5.41) is 3.59. The number of benzene rings is 2. The Hall–Kier alpha value is -2.65. The van der Waals surface area contributed by atoms with Gasteiger partial charge in [-0.3, -0.25) is 4.79 Å². The van der Waals surface area contributed by atoms with Gasteiger partial charge in [-0.05, 0) is 60.4 Å². The summed E-state index contributed by atoms with van der Waals surface area (Å²) in [6.45, 7) is 4.91. The number of rotatable bonds is 8. The third-order valence-electron chi connectivity index (χ3n) is 7.08. The number of nitrogens with zero attached hydrogens (tertiary/aromatic N) is 1. The minimum atomic E-state index is -4.19. The molecule has 2 aliphatic carbocycles. The van der Waals surface area contributed by atoms with Crippen LogP contribution in [0.25, 0.3) is 0 Å². The fourth-order valence-electron chi connectivity index (χ4n) is 5.48. The van der Waals surface area contributed by atoms with Crippen molar-refractivity contribution in [2.45, 2.75) is 57.6 Å². The van der Waals surface area contributed by atoms with Crippen molar-refractivity contribution in [1.29, 1.82) is 0 Å². The zero-order valence-corrected chi connectivity index (χ0v) is 20.2. The molecule has 9 heteroatoms. The van der Waals surface area contributed by atoms with Gasteiger partial charge in [0.1, 0.15) is 24.6 Å². The third-order valence-corrected chi connectivity index (χ3v) is 8.46. The van der Waals surface area contributed by atoms with E-state index in [0.29, 0.717) is 11.5 Å². The molecule has 3 unspecified atom stereocenters. The molecule has 0 radical (unpaired) electrons. The summed E-state index contributed by atoms with van der Waals surface area (Å²) in [4.78, 5) is 11.9. The van der Waals surface area contributed by atoms with Crippen LogP contribution < -0.4 is 19.1 Å². The van der Waals surface area contributed by atoms with Gasteiger partial charge in [0.25, 0.3) is 5.91 Å². The van der Waals surface area contributed by atoms with Crippen molar-refractivity contribution in [1.82, 2.24) is 10.0 Å². The first-order valence-electron chi connectivity index (χ1n) is 11.8. The summed E-state index contributed by atoms with van der Waals surface area (Å²) >= 11 is 0. The molecule has 2 N–H and O–H groups in total. The summed E-state index contributed by atoms with van der Waals surface area (Å²) in [5.41, 5.74) is 2.16. The van der Waals surface area contributed by atoms with Crippen molar-refractivity contribution in [3.05, 3.63) is 58.9 Å². The number of nitrogens with one attached hydrogen (secondary N) is 2. The van der Waals surface area contributed by atoms with Gasteiger partial charge in [-0.2, -0.15) is 8.42 Å². The van der Waals surface area contributed by atoms with E-state index < -0.39 is 28.5 Å². The zero-order valence-electron chi connectivity index (χ0n) is 19.4. The highest BCUT2D eigenvalue weighted by Crippen LogP contribution is 2.57. The van der Waals surface area contributed by atoms with E-state index >= 15 is 4.39 Å². The van der Waals surface area contributed by atoms with Crippen molar-refractivity contribution in [2.24, 2.45) is 5.92 Å². The van der Waals surface area contributed by atoms with Gasteiger partial charge in [0.2, 0.25) is 0 Å². The fourth-order valence-corrected chi connectivity index (χ4v) is 6.64. The fraction of sp³-hybridized carbons (Fsp3) is 0.480.